The predicted molar refractivity (Wildman–Crippen MR) is 49.4 cm³/mol. The van der Waals surface area contributed by atoms with Crippen LogP contribution < -0.4 is 0 Å². The zero-order valence-corrected chi connectivity index (χ0v) is 7.68. The van der Waals surface area contributed by atoms with Crippen LogP contribution in [0.4, 0.5) is 4.39 Å². The summed E-state index contributed by atoms with van der Waals surface area (Å²) in [4.78, 5) is 3.85. The van der Waals surface area contributed by atoms with Crippen molar-refractivity contribution in [1.29, 1.82) is 0 Å². The average Bonchev–Trinajstić information content (AvgIpc) is 2.04. The number of halogens is 2. The van der Waals surface area contributed by atoms with Crippen molar-refractivity contribution in [3.63, 3.8) is 0 Å². The first-order valence-electron chi connectivity index (χ1n) is 3.46. The minimum atomic E-state index is -0.243. The molecule has 60 valence electrons. The molecule has 1 nitrogen and oxygen atoms in total. The van der Waals surface area contributed by atoms with Crippen molar-refractivity contribution in [2.45, 2.75) is 0 Å². The van der Waals surface area contributed by atoms with Gasteiger partial charge in [-0.15, -0.1) is 0 Å². The summed E-state index contributed by atoms with van der Waals surface area (Å²) < 4.78 is 13.9. The van der Waals surface area contributed by atoms with E-state index in [4.69, 9.17) is 0 Å². The highest BCUT2D eigenvalue weighted by Crippen LogP contribution is 2.21. The summed E-state index contributed by atoms with van der Waals surface area (Å²) in [7, 11) is 0. The molecule has 0 bridgehead atoms. The first-order chi connectivity index (χ1) is 5.77. The number of pyridine rings is 1. The van der Waals surface area contributed by atoms with Gasteiger partial charge in [0.1, 0.15) is 5.82 Å². The maximum atomic E-state index is 13.2. The van der Waals surface area contributed by atoms with Gasteiger partial charge >= 0.3 is 0 Å². The summed E-state index contributed by atoms with van der Waals surface area (Å²) in [6.07, 6.45) is 3.17. The monoisotopic (exact) mass is 225 g/mol. The molecule has 1 aromatic carbocycles. The molecule has 12 heavy (non-hydrogen) atoms. The summed E-state index contributed by atoms with van der Waals surface area (Å²) in [6, 6.07) is 5.08. The van der Waals surface area contributed by atoms with Gasteiger partial charge in [0, 0.05) is 22.3 Å². The third-order valence-electron chi connectivity index (χ3n) is 1.67. The first-order valence-corrected chi connectivity index (χ1v) is 4.25. The lowest BCUT2D eigenvalue weighted by atomic mass is 10.2. The molecule has 0 spiro atoms. The molecule has 2 aromatic rings. The van der Waals surface area contributed by atoms with Gasteiger partial charge in [-0.25, -0.2) is 4.39 Å². The topological polar surface area (TPSA) is 12.9 Å². The number of fused-ring (bicyclic) bond motifs is 1. The second kappa shape index (κ2) is 2.83. The molecule has 0 atom stereocenters. The Bertz CT molecular complexity index is 428. The fraction of sp³-hybridized carbons (Fsp3) is 0. The quantitative estimate of drug-likeness (QED) is 0.672. The Morgan fingerprint density at radius 3 is 3.00 bits per heavy atom. The van der Waals surface area contributed by atoms with Gasteiger partial charge in [-0.2, -0.15) is 0 Å². The second-order valence-electron chi connectivity index (χ2n) is 2.48. The number of hydrogen-bond donors (Lipinski definition) is 0. The van der Waals surface area contributed by atoms with E-state index in [2.05, 4.69) is 20.9 Å². The molecule has 0 unspecified atom stereocenters. The molecule has 3 heteroatoms. The summed E-state index contributed by atoms with van der Waals surface area (Å²) in [5, 5.41) is 1.41. The molecule has 2 rings (SSSR count). The standard InChI is InChI=1S/C9H5BrFN/c10-7-3-6-1-2-12-5-8(6)9(11)4-7/h1-5H. The van der Waals surface area contributed by atoms with E-state index in [-0.39, 0.29) is 5.82 Å². The molecule has 0 saturated carbocycles. The molecular formula is C9H5BrFN. The van der Waals surface area contributed by atoms with E-state index in [1.807, 2.05) is 6.07 Å². The number of hydrogen-bond acceptors (Lipinski definition) is 1. The Morgan fingerprint density at radius 2 is 2.17 bits per heavy atom. The van der Waals surface area contributed by atoms with Gasteiger partial charge in [-0.1, -0.05) is 15.9 Å². The van der Waals surface area contributed by atoms with Crippen molar-refractivity contribution in [2.24, 2.45) is 0 Å². The number of rotatable bonds is 0. The molecule has 0 aliphatic heterocycles. The van der Waals surface area contributed by atoms with Gasteiger partial charge in [0.25, 0.3) is 0 Å². The Balaban J connectivity index is 2.89. The molecule has 1 heterocycles. The summed E-state index contributed by atoms with van der Waals surface area (Å²) in [5.74, 6) is -0.243. The van der Waals surface area contributed by atoms with Crippen LogP contribution in [0.5, 0.6) is 0 Å². The average molecular weight is 226 g/mol. The highest BCUT2D eigenvalue weighted by molar-refractivity contribution is 9.10. The van der Waals surface area contributed by atoms with Crippen molar-refractivity contribution in [2.75, 3.05) is 0 Å². The molecular weight excluding hydrogens is 221 g/mol. The van der Waals surface area contributed by atoms with Crippen LogP contribution in [0.1, 0.15) is 0 Å². The minimum Gasteiger partial charge on any atom is -0.264 e. The maximum Gasteiger partial charge on any atom is 0.133 e. The van der Waals surface area contributed by atoms with Crippen LogP contribution in [-0.2, 0) is 0 Å². The van der Waals surface area contributed by atoms with E-state index in [1.165, 1.54) is 12.3 Å². The van der Waals surface area contributed by atoms with Crippen molar-refractivity contribution in [1.82, 2.24) is 4.98 Å². The summed E-state index contributed by atoms with van der Waals surface area (Å²) in [6.45, 7) is 0. The van der Waals surface area contributed by atoms with Crippen LogP contribution in [0.25, 0.3) is 10.8 Å². The van der Waals surface area contributed by atoms with E-state index < -0.39 is 0 Å². The Kier molecular flexibility index (Phi) is 1.81. The van der Waals surface area contributed by atoms with Crippen molar-refractivity contribution < 1.29 is 4.39 Å². The van der Waals surface area contributed by atoms with Crippen LogP contribution in [0, 0.1) is 5.82 Å². The zero-order chi connectivity index (χ0) is 8.55. The van der Waals surface area contributed by atoms with Crippen LogP contribution >= 0.6 is 15.9 Å². The van der Waals surface area contributed by atoms with E-state index in [1.54, 1.807) is 12.3 Å². The summed E-state index contributed by atoms with van der Waals surface area (Å²) in [5.41, 5.74) is 0. The first kappa shape index (κ1) is 7.68. The number of aromatic nitrogens is 1. The second-order valence-corrected chi connectivity index (χ2v) is 3.40. The van der Waals surface area contributed by atoms with Crippen molar-refractivity contribution in [3.05, 3.63) is 40.9 Å². The van der Waals surface area contributed by atoms with Crippen LogP contribution in [0.2, 0.25) is 0 Å². The lowest BCUT2D eigenvalue weighted by Gasteiger charge is -1.98. The molecule has 0 aliphatic rings. The van der Waals surface area contributed by atoms with Gasteiger partial charge < -0.3 is 0 Å². The normalized spacial score (nSPS) is 10.5. The van der Waals surface area contributed by atoms with Crippen LogP contribution in [-0.4, -0.2) is 4.98 Å². The molecule has 0 aliphatic carbocycles. The van der Waals surface area contributed by atoms with Crippen molar-refractivity contribution >= 4 is 26.7 Å². The Morgan fingerprint density at radius 1 is 1.33 bits per heavy atom. The third-order valence-corrected chi connectivity index (χ3v) is 2.13. The molecule has 0 N–H and O–H groups in total. The van der Waals surface area contributed by atoms with E-state index in [9.17, 15) is 4.39 Å². The van der Waals surface area contributed by atoms with E-state index in [0.717, 1.165) is 9.86 Å². The number of nitrogens with zero attached hydrogens (tertiary/aromatic N) is 1. The molecule has 0 radical (unpaired) electrons. The van der Waals surface area contributed by atoms with Gasteiger partial charge in [0.15, 0.2) is 0 Å². The minimum absolute atomic E-state index is 0.243. The van der Waals surface area contributed by atoms with Crippen LogP contribution in [0.15, 0.2) is 35.1 Å². The van der Waals surface area contributed by atoms with Gasteiger partial charge in [0.2, 0.25) is 0 Å². The molecule has 1 aromatic heterocycles. The van der Waals surface area contributed by atoms with E-state index in [0.29, 0.717) is 5.39 Å². The van der Waals surface area contributed by atoms with Gasteiger partial charge in [0.05, 0.1) is 0 Å². The lowest BCUT2D eigenvalue weighted by Crippen LogP contribution is -1.80. The fourth-order valence-electron chi connectivity index (χ4n) is 1.12. The Hall–Kier alpha value is -0.960. The predicted octanol–water partition coefficient (Wildman–Crippen LogP) is 3.14. The third kappa shape index (κ3) is 1.20. The molecule has 0 saturated heterocycles. The van der Waals surface area contributed by atoms with Gasteiger partial charge in [-0.05, 0) is 23.6 Å². The zero-order valence-electron chi connectivity index (χ0n) is 6.09. The fourth-order valence-corrected chi connectivity index (χ4v) is 1.57. The summed E-state index contributed by atoms with van der Waals surface area (Å²) >= 11 is 3.22. The smallest absolute Gasteiger partial charge is 0.133 e. The SMILES string of the molecule is Fc1cc(Br)cc2ccncc12. The number of benzene rings is 1. The van der Waals surface area contributed by atoms with Crippen molar-refractivity contribution in [3.8, 4) is 0 Å². The largest absolute Gasteiger partial charge is 0.264 e. The van der Waals surface area contributed by atoms with Crippen LogP contribution in [0.3, 0.4) is 0 Å². The van der Waals surface area contributed by atoms with E-state index >= 15 is 0 Å². The highest BCUT2D eigenvalue weighted by Gasteiger charge is 2.00. The molecule has 0 amide bonds. The highest BCUT2D eigenvalue weighted by atomic mass is 79.9. The lowest BCUT2D eigenvalue weighted by molar-refractivity contribution is 0.638. The van der Waals surface area contributed by atoms with Gasteiger partial charge in [-0.3, -0.25) is 4.98 Å². The Labute approximate surface area is 77.4 Å². The molecule has 0 fully saturated rings. The maximum absolute atomic E-state index is 13.2.